The topological polar surface area (TPSA) is 75.7 Å². The molecule has 0 atom stereocenters. The highest BCUT2D eigenvalue weighted by Crippen LogP contribution is 2.20. The Labute approximate surface area is 128 Å². The SMILES string of the molecule is CCN1C(=O)NC(=O)/C(=C/C=C/C2=C(OC)CCC=C2)C1=O. The summed E-state index contributed by atoms with van der Waals surface area (Å²) in [6.45, 7) is 1.88. The molecule has 0 aromatic carbocycles. The van der Waals surface area contributed by atoms with Crippen molar-refractivity contribution in [2.24, 2.45) is 0 Å². The molecular weight excluding hydrogens is 284 g/mol. The predicted octanol–water partition coefficient (Wildman–Crippen LogP) is 1.82. The Balaban J connectivity index is 2.21. The number of nitrogens with one attached hydrogen (secondary N) is 1. The first kappa shape index (κ1) is 15.8. The van der Waals surface area contributed by atoms with E-state index in [9.17, 15) is 14.4 Å². The Hall–Kier alpha value is -2.63. The normalized spacial score (nSPS) is 21.1. The molecule has 1 saturated heterocycles. The number of likely N-dealkylation sites (N-methyl/N-ethyl adjacent to an activating group) is 1. The summed E-state index contributed by atoms with van der Waals surface area (Å²) in [6, 6.07) is -0.682. The number of hydrogen-bond donors (Lipinski definition) is 1. The summed E-state index contributed by atoms with van der Waals surface area (Å²) in [5.41, 5.74) is 0.842. The van der Waals surface area contributed by atoms with Gasteiger partial charge in [-0.1, -0.05) is 24.3 Å². The Morgan fingerprint density at radius 2 is 2.14 bits per heavy atom. The lowest BCUT2D eigenvalue weighted by molar-refractivity contribution is -0.130. The number of methoxy groups -OCH3 is 1. The standard InChI is InChI=1S/C16H18N2O4/c1-3-18-15(20)12(14(19)17-16(18)21)9-6-8-11-7-4-5-10-13(11)22-2/h4,6-9H,3,5,10H2,1-2H3,(H,17,19,21)/b8-6+,12-9-. The van der Waals surface area contributed by atoms with E-state index >= 15 is 0 Å². The average molecular weight is 302 g/mol. The fourth-order valence-electron chi connectivity index (χ4n) is 2.28. The van der Waals surface area contributed by atoms with Crippen molar-refractivity contribution >= 4 is 17.8 Å². The maximum atomic E-state index is 12.1. The van der Waals surface area contributed by atoms with Crippen LogP contribution in [0.1, 0.15) is 19.8 Å². The zero-order valence-electron chi connectivity index (χ0n) is 12.6. The lowest BCUT2D eigenvalue weighted by Gasteiger charge is -2.24. The molecule has 6 heteroatoms. The van der Waals surface area contributed by atoms with Crippen molar-refractivity contribution in [3.8, 4) is 0 Å². The Morgan fingerprint density at radius 1 is 1.36 bits per heavy atom. The fraction of sp³-hybridized carbons (Fsp3) is 0.312. The molecule has 2 aliphatic rings. The molecule has 1 aliphatic carbocycles. The van der Waals surface area contributed by atoms with E-state index in [0.717, 1.165) is 29.1 Å². The van der Waals surface area contributed by atoms with Gasteiger partial charge in [0.2, 0.25) is 0 Å². The van der Waals surface area contributed by atoms with Crippen LogP contribution in [0.3, 0.4) is 0 Å². The van der Waals surface area contributed by atoms with Crippen LogP contribution in [0, 0.1) is 0 Å². The first-order valence-electron chi connectivity index (χ1n) is 7.07. The minimum absolute atomic E-state index is 0.0583. The summed E-state index contributed by atoms with van der Waals surface area (Å²) >= 11 is 0. The molecule has 0 bridgehead atoms. The van der Waals surface area contributed by atoms with Gasteiger partial charge in [0.1, 0.15) is 11.3 Å². The van der Waals surface area contributed by atoms with Crippen molar-refractivity contribution in [2.75, 3.05) is 13.7 Å². The van der Waals surface area contributed by atoms with Gasteiger partial charge in [-0.25, -0.2) is 4.79 Å². The van der Waals surface area contributed by atoms with Crippen LogP contribution in [-0.2, 0) is 14.3 Å². The van der Waals surface area contributed by atoms with Crippen LogP contribution in [0.25, 0.3) is 0 Å². The second kappa shape index (κ2) is 6.89. The number of hydrogen-bond acceptors (Lipinski definition) is 4. The summed E-state index contributed by atoms with van der Waals surface area (Å²) in [4.78, 5) is 36.3. The minimum Gasteiger partial charge on any atom is -0.500 e. The lowest BCUT2D eigenvalue weighted by Crippen LogP contribution is -2.53. The fourth-order valence-corrected chi connectivity index (χ4v) is 2.28. The van der Waals surface area contributed by atoms with E-state index in [1.54, 1.807) is 26.2 Å². The molecule has 0 unspecified atom stereocenters. The van der Waals surface area contributed by atoms with Gasteiger partial charge in [-0.2, -0.15) is 0 Å². The molecule has 6 nitrogen and oxygen atoms in total. The molecule has 1 fully saturated rings. The molecular formula is C16H18N2O4. The van der Waals surface area contributed by atoms with Gasteiger partial charge in [0, 0.05) is 18.5 Å². The summed E-state index contributed by atoms with van der Waals surface area (Å²) in [5.74, 6) is -0.396. The minimum atomic E-state index is -0.682. The second-order valence-electron chi connectivity index (χ2n) is 4.77. The number of ether oxygens (including phenoxy) is 1. The van der Waals surface area contributed by atoms with Crippen molar-refractivity contribution in [1.29, 1.82) is 0 Å². The van der Waals surface area contributed by atoms with E-state index in [1.807, 2.05) is 12.2 Å². The highest BCUT2D eigenvalue weighted by molar-refractivity contribution is 6.28. The molecule has 1 aliphatic heterocycles. The number of rotatable bonds is 4. The Bertz CT molecular complexity index is 626. The van der Waals surface area contributed by atoms with E-state index in [-0.39, 0.29) is 12.1 Å². The van der Waals surface area contributed by atoms with Crippen molar-refractivity contribution in [3.05, 3.63) is 47.3 Å². The first-order chi connectivity index (χ1) is 10.6. The third kappa shape index (κ3) is 3.16. The van der Waals surface area contributed by atoms with Crippen LogP contribution >= 0.6 is 0 Å². The molecule has 22 heavy (non-hydrogen) atoms. The Kier molecular flexibility index (Phi) is 4.93. The van der Waals surface area contributed by atoms with Gasteiger partial charge in [0.15, 0.2) is 0 Å². The summed E-state index contributed by atoms with van der Waals surface area (Å²) in [6.07, 6.45) is 10.5. The third-order valence-electron chi connectivity index (χ3n) is 3.44. The molecule has 2 rings (SSSR count). The number of imide groups is 2. The van der Waals surface area contributed by atoms with E-state index in [1.165, 1.54) is 6.08 Å². The third-order valence-corrected chi connectivity index (χ3v) is 3.44. The van der Waals surface area contributed by atoms with Gasteiger partial charge in [-0.15, -0.1) is 0 Å². The van der Waals surface area contributed by atoms with E-state index in [2.05, 4.69) is 5.32 Å². The van der Waals surface area contributed by atoms with Crippen molar-refractivity contribution in [3.63, 3.8) is 0 Å². The van der Waals surface area contributed by atoms with Gasteiger partial charge >= 0.3 is 6.03 Å². The summed E-state index contributed by atoms with van der Waals surface area (Å²) < 4.78 is 5.29. The number of nitrogens with zero attached hydrogens (tertiary/aromatic N) is 1. The van der Waals surface area contributed by atoms with Crippen LogP contribution in [-0.4, -0.2) is 36.4 Å². The number of urea groups is 1. The molecule has 0 radical (unpaired) electrons. The lowest BCUT2D eigenvalue weighted by atomic mass is 10.0. The molecule has 0 aromatic rings. The van der Waals surface area contributed by atoms with Gasteiger partial charge < -0.3 is 4.74 Å². The van der Waals surface area contributed by atoms with E-state index < -0.39 is 17.8 Å². The molecule has 0 saturated carbocycles. The highest BCUT2D eigenvalue weighted by Gasteiger charge is 2.34. The maximum Gasteiger partial charge on any atom is 0.331 e. The molecule has 0 spiro atoms. The first-order valence-corrected chi connectivity index (χ1v) is 7.07. The molecule has 4 amide bonds. The summed E-state index contributed by atoms with van der Waals surface area (Å²) in [7, 11) is 1.61. The predicted molar refractivity (Wildman–Crippen MR) is 80.6 cm³/mol. The van der Waals surface area contributed by atoms with Crippen molar-refractivity contribution in [1.82, 2.24) is 10.2 Å². The van der Waals surface area contributed by atoms with Crippen LogP contribution in [0.5, 0.6) is 0 Å². The average Bonchev–Trinajstić information content (AvgIpc) is 2.51. The van der Waals surface area contributed by atoms with Gasteiger partial charge in [-0.3, -0.25) is 19.8 Å². The van der Waals surface area contributed by atoms with Crippen molar-refractivity contribution in [2.45, 2.75) is 19.8 Å². The quantitative estimate of drug-likeness (QED) is 0.635. The number of allylic oxidation sites excluding steroid dienone is 7. The number of barbiturate groups is 1. The number of amides is 4. The number of carbonyl (C=O) groups excluding carboxylic acids is 3. The van der Waals surface area contributed by atoms with Gasteiger partial charge in [-0.05, 0) is 19.4 Å². The smallest absolute Gasteiger partial charge is 0.331 e. The summed E-state index contributed by atoms with van der Waals surface area (Å²) in [5, 5.41) is 2.14. The molecule has 0 aromatic heterocycles. The highest BCUT2D eigenvalue weighted by atomic mass is 16.5. The Morgan fingerprint density at radius 3 is 2.82 bits per heavy atom. The zero-order valence-corrected chi connectivity index (χ0v) is 12.6. The van der Waals surface area contributed by atoms with Crippen LogP contribution in [0.2, 0.25) is 0 Å². The molecule has 1 heterocycles. The maximum absolute atomic E-state index is 12.1. The van der Waals surface area contributed by atoms with Gasteiger partial charge in [0.05, 0.1) is 7.11 Å². The molecule has 116 valence electrons. The van der Waals surface area contributed by atoms with Crippen LogP contribution < -0.4 is 5.32 Å². The number of carbonyl (C=O) groups is 3. The largest absolute Gasteiger partial charge is 0.500 e. The zero-order chi connectivity index (χ0) is 16.1. The van der Waals surface area contributed by atoms with E-state index in [4.69, 9.17) is 4.74 Å². The van der Waals surface area contributed by atoms with Crippen LogP contribution in [0.4, 0.5) is 4.79 Å². The van der Waals surface area contributed by atoms with Gasteiger partial charge in [0.25, 0.3) is 11.8 Å². The van der Waals surface area contributed by atoms with Crippen molar-refractivity contribution < 1.29 is 19.1 Å². The monoisotopic (exact) mass is 302 g/mol. The molecule has 1 N–H and O–H groups in total. The van der Waals surface area contributed by atoms with E-state index in [0.29, 0.717) is 0 Å². The van der Waals surface area contributed by atoms with Crippen LogP contribution in [0.15, 0.2) is 47.3 Å². The second-order valence-corrected chi connectivity index (χ2v) is 4.77.